The van der Waals surface area contributed by atoms with E-state index in [1.54, 1.807) is 13.2 Å². The Balaban J connectivity index is 2.08. The van der Waals surface area contributed by atoms with Gasteiger partial charge in [0.15, 0.2) is 0 Å². The Morgan fingerprint density at radius 2 is 2.26 bits per heavy atom. The van der Waals surface area contributed by atoms with E-state index in [2.05, 4.69) is 22.2 Å². The number of nitrogens with zero attached hydrogens (tertiary/aromatic N) is 3. The molecular formula is C17H28N4O2. The summed E-state index contributed by atoms with van der Waals surface area (Å²) in [5.41, 5.74) is 1.30. The number of carbonyl (C=O) groups excluding carboxylic acids is 1. The van der Waals surface area contributed by atoms with Gasteiger partial charge in [-0.15, -0.1) is 0 Å². The number of rotatable bonds is 7. The molecule has 1 atom stereocenters. The first kappa shape index (κ1) is 17.7. The molecule has 0 bridgehead atoms. The number of carbonyl (C=O) groups is 1. The average molecular weight is 320 g/mol. The van der Waals surface area contributed by atoms with Crippen molar-refractivity contribution in [2.24, 2.45) is 0 Å². The zero-order valence-corrected chi connectivity index (χ0v) is 14.5. The van der Waals surface area contributed by atoms with Crippen LogP contribution in [0.3, 0.4) is 0 Å². The zero-order valence-electron chi connectivity index (χ0n) is 14.5. The van der Waals surface area contributed by atoms with Crippen LogP contribution >= 0.6 is 0 Å². The second kappa shape index (κ2) is 8.82. The van der Waals surface area contributed by atoms with E-state index in [0.717, 1.165) is 44.5 Å². The van der Waals surface area contributed by atoms with E-state index < -0.39 is 0 Å². The first-order valence-electron chi connectivity index (χ1n) is 8.55. The van der Waals surface area contributed by atoms with Gasteiger partial charge in [0.1, 0.15) is 5.69 Å². The van der Waals surface area contributed by atoms with Crippen molar-refractivity contribution in [1.82, 2.24) is 14.9 Å². The normalized spacial score (nSPS) is 18.0. The summed E-state index contributed by atoms with van der Waals surface area (Å²) in [6, 6.07) is 2.12. The molecule has 0 aromatic carbocycles. The van der Waals surface area contributed by atoms with Crippen molar-refractivity contribution >= 4 is 11.9 Å². The molecule has 23 heavy (non-hydrogen) atoms. The van der Waals surface area contributed by atoms with Crippen molar-refractivity contribution in [3.05, 3.63) is 17.5 Å². The molecule has 1 aromatic heterocycles. The minimum absolute atomic E-state index is 0.0296. The van der Waals surface area contributed by atoms with Gasteiger partial charge in [0.05, 0.1) is 0 Å². The summed E-state index contributed by atoms with van der Waals surface area (Å²) in [4.78, 5) is 23.6. The summed E-state index contributed by atoms with van der Waals surface area (Å²) in [6.45, 7) is 6.29. The lowest BCUT2D eigenvalue weighted by Gasteiger charge is -2.35. The minimum atomic E-state index is 0.0296. The SMILES string of the molecule is CCC1CCCCN1C(=O)c1cc(C)nc(NCCCOC)n1. The average Bonchev–Trinajstić information content (AvgIpc) is 2.57. The highest BCUT2D eigenvalue weighted by molar-refractivity contribution is 5.93. The number of hydrogen-bond donors (Lipinski definition) is 1. The summed E-state index contributed by atoms with van der Waals surface area (Å²) < 4.78 is 5.03. The van der Waals surface area contributed by atoms with E-state index in [9.17, 15) is 4.79 Å². The molecule has 1 aliphatic rings. The van der Waals surface area contributed by atoms with Crippen molar-refractivity contribution in [2.75, 3.05) is 32.1 Å². The fraction of sp³-hybridized carbons (Fsp3) is 0.706. The Hall–Kier alpha value is -1.69. The number of likely N-dealkylation sites (tertiary alicyclic amines) is 1. The molecule has 1 saturated heterocycles. The number of ether oxygens (including phenoxy) is 1. The molecule has 0 aliphatic carbocycles. The third-order valence-electron chi connectivity index (χ3n) is 4.24. The smallest absolute Gasteiger partial charge is 0.272 e. The quantitative estimate of drug-likeness (QED) is 0.782. The van der Waals surface area contributed by atoms with Gasteiger partial charge in [-0.2, -0.15) is 0 Å². The van der Waals surface area contributed by atoms with Gasteiger partial charge in [-0.3, -0.25) is 4.79 Å². The lowest BCUT2D eigenvalue weighted by atomic mass is 9.99. The summed E-state index contributed by atoms with van der Waals surface area (Å²) >= 11 is 0. The van der Waals surface area contributed by atoms with Gasteiger partial charge in [-0.25, -0.2) is 9.97 Å². The minimum Gasteiger partial charge on any atom is -0.385 e. The second-order valence-corrected chi connectivity index (χ2v) is 6.05. The number of piperidine rings is 1. The molecule has 6 heteroatoms. The molecule has 1 unspecified atom stereocenters. The van der Waals surface area contributed by atoms with E-state index in [-0.39, 0.29) is 5.91 Å². The highest BCUT2D eigenvalue weighted by atomic mass is 16.5. The molecule has 6 nitrogen and oxygen atoms in total. The van der Waals surface area contributed by atoms with Crippen molar-refractivity contribution in [1.29, 1.82) is 0 Å². The van der Waals surface area contributed by atoms with E-state index in [0.29, 0.717) is 24.3 Å². The van der Waals surface area contributed by atoms with Gasteiger partial charge in [-0.1, -0.05) is 6.92 Å². The van der Waals surface area contributed by atoms with Crippen LogP contribution in [0.5, 0.6) is 0 Å². The molecule has 1 aliphatic heterocycles. The van der Waals surface area contributed by atoms with Crippen molar-refractivity contribution in [2.45, 2.75) is 52.0 Å². The predicted octanol–water partition coefficient (Wildman–Crippen LogP) is 2.64. The van der Waals surface area contributed by atoms with Crippen LogP contribution in [0, 0.1) is 6.92 Å². The second-order valence-electron chi connectivity index (χ2n) is 6.05. The number of hydrogen-bond acceptors (Lipinski definition) is 5. The maximum absolute atomic E-state index is 12.8. The van der Waals surface area contributed by atoms with Crippen molar-refractivity contribution < 1.29 is 9.53 Å². The molecule has 128 valence electrons. The van der Waals surface area contributed by atoms with Gasteiger partial charge in [-0.05, 0) is 45.1 Å². The topological polar surface area (TPSA) is 67.4 Å². The summed E-state index contributed by atoms with van der Waals surface area (Å²) in [5, 5.41) is 3.17. The number of amides is 1. The van der Waals surface area contributed by atoms with Gasteiger partial charge in [0.2, 0.25) is 5.95 Å². The molecule has 1 N–H and O–H groups in total. The fourth-order valence-electron chi connectivity index (χ4n) is 3.01. The number of methoxy groups -OCH3 is 1. The lowest BCUT2D eigenvalue weighted by molar-refractivity contribution is 0.0601. The molecule has 1 aromatic rings. The highest BCUT2D eigenvalue weighted by Crippen LogP contribution is 2.21. The first-order chi connectivity index (χ1) is 11.2. The van der Waals surface area contributed by atoms with Gasteiger partial charge < -0.3 is 15.0 Å². The first-order valence-corrected chi connectivity index (χ1v) is 8.55. The Bertz CT molecular complexity index is 521. The Morgan fingerprint density at radius 1 is 1.43 bits per heavy atom. The standard InChI is InChI=1S/C17H28N4O2/c1-4-14-8-5-6-10-21(14)16(22)15-12-13(2)19-17(20-15)18-9-7-11-23-3/h12,14H,4-11H2,1-3H3,(H,18,19,20). The zero-order chi connectivity index (χ0) is 16.7. The van der Waals surface area contributed by atoms with Gasteiger partial charge in [0.25, 0.3) is 5.91 Å². The Morgan fingerprint density at radius 3 is 3.00 bits per heavy atom. The molecule has 0 spiro atoms. The Kier molecular flexibility index (Phi) is 6.77. The summed E-state index contributed by atoms with van der Waals surface area (Å²) in [7, 11) is 1.68. The van der Waals surface area contributed by atoms with Crippen LogP contribution in [-0.4, -0.2) is 53.6 Å². The molecule has 2 rings (SSSR count). The maximum Gasteiger partial charge on any atom is 0.272 e. The van der Waals surface area contributed by atoms with E-state index in [1.807, 2.05) is 11.8 Å². The number of anilines is 1. The molecular weight excluding hydrogens is 292 g/mol. The maximum atomic E-state index is 12.8. The summed E-state index contributed by atoms with van der Waals surface area (Å²) in [5.74, 6) is 0.552. The van der Waals surface area contributed by atoms with Crippen molar-refractivity contribution in [3.8, 4) is 0 Å². The third kappa shape index (κ3) is 4.89. The lowest BCUT2D eigenvalue weighted by Crippen LogP contribution is -2.43. The van der Waals surface area contributed by atoms with Crippen LogP contribution in [0.25, 0.3) is 0 Å². The van der Waals surface area contributed by atoms with Crippen LogP contribution < -0.4 is 5.32 Å². The predicted molar refractivity (Wildman–Crippen MR) is 90.7 cm³/mol. The van der Waals surface area contributed by atoms with Crippen LogP contribution in [0.2, 0.25) is 0 Å². The number of aromatic nitrogens is 2. The van der Waals surface area contributed by atoms with Crippen LogP contribution in [0.1, 0.15) is 55.2 Å². The molecule has 0 saturated carbocycles. The van der Waals surface area contributed by atoms with Gasteiger partial charge in [0, 0.05) is 38.5 Å². The molecule has 1 fully saturated rings. The molecule has 0 radical (unpaired) electrons. The molecule has 1 amide bonds. The fourth-order valence-corrected chi connectivity index (χ4v) is 3.01. The van der Waals surface area contributed by atoms with Crippen molar-refractivity contribution in [3.63, 3.8) is 0 Å². The van der Waals surface area contributed by atoms with Crippen LogP contribution in [0.4, 0.5) is 5.95 Å². The van der Waals surface area contributed by atoms with E-state index in [4.69, 9.17) is 4.74 Å². The van der Waals surface area contributed by atoms with E-state index in [1.165, 1.54) is 6.42 Å². The van der Waals surface area contributed by atoms with Crippen LogP contribution in [0.15, 0.2) is 6.07 Å². The van der Waals surface area contributed by atoms with E-state index >= 15 is 0 Å². The monoisotopic (exact) mass is 320 g/mol. The summed E-state index contributed by atoms with van der Waals surface area (Å²) in [6.07, 6.45) is 5.25. The largest absolute Gasteiger partial charge is 0.385 e. The molecule has 2 heterocycles. The number of aryl methyl sites for hydroxylation is 1. The Labute approximate surface area is 138 Å². The van der Waals surface area contributed by atoms with Crippen LogP contribution in [-0.2, 0) is 4.74 Å². The third-order valence-corrected chi connectivity index (χ3v) is 4.24. The highest BCUT2D eigenvalue weighted by Gasteiger charge is 2.27. The number of nitrogens with one attached hydrogen (secondary N) is 1. The van der Waals surface area contributed by atoms with Gasteiger partial charge >= 0.3 is 0 Å².